The summed E-state index contributed by atoms with van der Waals surface area (Å²) < 4.78 is 4.95. The maximum atomic E-state index is 12.0. The zero-order valence-corrected chi connectivity index (χ0v) is 14.3. The molecule has 0 aliphatic heterocycles. The lowest BCUT2D eigenvalue weighted by atomic mass is 9.88. The SMILES string of the molecule is CCCCC1=C(c2cccnc2)C(CC(=O)OC)c2ccccc21. The van der Waals surface area contributed by atoms with Crippen molar-refractivity contribution in [3.05, 3.63) is 65.5 Å². The van der Waals surface area contributed by atoms with Crippen molar-refractivity contribution in [3.63, 3.8) is 0 Å². The van der Waals surface area contributed by atoms with Gasteiger partial charge in [-0.2, -0.15) is 0 Å². The third kappa shape index (κ3) is 3.12. The van der Waals surface area contributed by atoms with Gasteiger partial charge >= 0.3 is 5.97 Å². The van der Waals surface area contributed by atoms with Crippen molar-refractivity contribution in [1.82, 2.24) is 4.98 Å². The topological polar surface area (TPSA) is 39.2 Å². The number of rotatable bonds is 6. The van der Waals surface area contributed by atoms with Crippen LogP contribution in [0.15, 0.2) is 48.8 Å². The molecule has 0 spiro atoms. The molecule has 1 aromatic heterocycles. The smallest absolute Gasteiger partial charge is 0.306 e. The standard InChI is InChI=1S/C21H23NO2/c1-3-4-9-18-16-10-5-6-11-17(16)19(13-20(23)24-2)21(18)15-8-7-12-22-14-15/h5-8,10-12,14,19H,3-4,9,13H2,1-2H3. The van der Waals surface area contributed by atoms with Gasteiger partial charge in [-0.25, -0.2) is 0 Å². The number of aromatic nitrogens is 1. The van der Waals surface area contributed by atoms with Crippen molar-refractivity contribution in [1.29, 1.82) is 0 Å². The van der Waals surface area contributed by atoms with Gasteiger partial charge in [-0.1, -0.05) is 43.7 Å². The van der Waals surface area contributed by atoms with E-state index in [1.54, 1.807) is 6.20 Å². The van der Waals surface area contributed by atoms with Gasteiger partial charge in [0.25, 0.3) is 0 Å². The molecule has 0 fully saturated rings. The molecule has 3 rings (SSSR count). The average Bonchev–Trinajstić information content (AvgIpc) is 2.94. The second kappa shape index (κ2) is 7.43. The lowest BCUT2D eigenvalue weighted by Crippen LogP contribution is -2.09. The largest absolute Gasteiger partial charge is 0.469 e. The first-order valence-electron chi connectivity index (χ1n) is 8.55. The summed E-state index contributed by atoms with van der Waals surface area (Å²) in [6.07, 6.45) is 7.36. The summed E-state index contributed by atoms with van der Waals surface area (Å²) in [7, 11) is 1.45. The Bertz CT molecular complexity index is 749. The number of hydrogen-bond acceptors (Lipinski definition) is 3. The number of nitrogens with zero attached hydrogens (tertiary/aromatic N) is 1. The van der Waals surface area contributed by atoms with E-state index in [-0.39, 0.29) is 11.9 Å². The Labute approximate surface area is 143 Å². The van der Waals surface area contributed by atoms with Crippen molar-refractivity contribution >= 4 is 17.1 Å². The summed E-state index contributed by atoms with van der Waals surface area (Å²) >= 11 is 0. The summed E-state index contributed by atoms with van der Waals surface area (Å²) in [6.45, 7) is 2.21. The highest BCUT2D eigenvalue weighted by Crippen LogP contribution is 2.50. The first kappa shape index (κ1) is 16.4. The van der Waals surface area contributed by atoms with Gasteiger partial charge in [0.1, 0.15) is 0 Å². The highest BCUT2D eigenvalue weighted by Gasteiger charge is 2.33. The summed E-state index contributed by atoms with van der Waals surface area (Å²) in [5.41, 5.74) is 6.21. The first-order valence-corrected chi connectivity index (χ1v) is 8.55. The van der Waals surface area contributed by atoms with E-state index in [0.29, 0.717) is 6.42 Å². The van der Waals surface area contributed by atoms with Crippen LogP contribution in [0, 0.1) is 0 Å². The number of methoxy groups -OCH3 is 1. The molecule has 1 heterocycles. The molecule has 3 nitrogen and oxygen atoms in total. The van der Waals surface area contributed by atoms with Crippen molar-refractivity contribution in [2.24, 2.45) is 0 Å². The Morgan fingerprint density at radius 3 is 2.75 bits per heavy atom. The van der Waals surface area contributed by atoms with Crippen LogP contribution in [0.4, 0.5) is 0 Å². The molecule has 0 N–H and O–H groups in total. The maximum absolute atomic E-state index is 12.0. The third-order valence-electron chi connectivity index (χ3n) is 4.69. The van der Waals surface area contributed by atoms with Crippen LogP contribution in [-0.4, -0.2) is 18.1 Å². The number of carbonyl (C=O) groups excluding carboxylic acids is 1. The number of hydrogen-bond donors (Lipinski definition) is 0. The van der Waals surface area contributed by atoms with E-state index in [0.717, 1.165) is 24.8 Å². The molecular formula is C21H23NO2. The lowest BCUT2D eigenvalue weighted by Gasteiger charge is -2.16. The third-order valence-corrected chi connectivity index (χ3v) is 4.69. The normalized spacial score (nSPS) is 16.2. The van der Waals surface area contributed by atoms with Crippen molar-refractivity contribution < 1.29 is 9.53 Å². The highest BCUT2D eigenvalue weighted by atomic mass is 16.5. The van der Waals surface area contributed by atoms with Crippen LogP contribution >= 0.6 is 0 Å². The molecule has 0 saturated heterocycles. The van der Waals surface area contributed by atoms with E-state index in [1.807, 2.05) is 18.3 Å². The summed E-state index contributed by atoms with van der Waals surface area (Å²) in [6, 6.07) is 12.5. The second-order valence-electron chi connectivity index (χ2n) is 6.16. The minimum Gasteiger partial charge on any atom is -0.469 e. The number of ether oxygens (including phenoxy) is 1. The molecular weight excluding hydrogens is 298 g/mol. The monoisotopic (exact) mass is 321 g/mol. The van der Waals surface area contributed by atoms with Crippen LogP contribution in [0.1, 0.15) is 55.2 Å². The first-order chi connectivity index (χ1) is 11.8. The summed E-state index contributed by atoms with van der Waals surface area (Å²) in [4.78, 5) is 16.3. The molecule has 0 bridgehead atoms. The minimum absolute atomic E-state index is 0.0460. The van der Waals surface area contributed by atoms with Gasteiger partial charge in [0.2, 0.25) is 0 Å². The van der Waals surface area contributed by atoms with E-state index in [9.17, 15) is 4.79 Å². The number of carbonyl (C=O) groups is 1. The highest BCUT2D eigenvalue weighted by molar-refractivity contribution is 6.00. The number of pyridine rings is 1. The molecule has 0 saturated carbocycles. The number of allylic oxidation sites excluding steroid dienone is 2. The Kier molecular flexibility index (Phi) is 5.09. The van der Waals surface area contributed by atoms with Crippen molar-refractivity contribution in [2.45, 2.75) is 38.5 Å². The van der Waals surface area contributed by atoms with E-state index in [2.05, 4.69) is 36.2 Å². The van der Waals surface area contributed by atoms with Crippen LogP contribution in [0.2, 0.25) is 0 Å². The Hall–Kier alpha value is -2.42. The number of fused-ring (bicyclic) bond motifs is 1. The molecule has 1 atom stereocenters. The zero-order chi connectivity index (χ0) is 16.9. The van der Waals surface area contributed by atoms with Gasteiger partial charge in [-0.3, -0.25) is 9.78 Å². The van der Waals surface area contributed by atoms with Gasteiger partial charge in [-0.05, 0) is 46.7 Å². The Morgan fingerprint density at radius 1 is 1.21 bits per heavy atom. The molecule has 1 aliphatic carbocycles. The predicted molar refractivity (Wildman–Crippen MR) is 96.4 cm³/mol. The predicted octanol–water partition coefficient (Wildman–Crippen LogP) is 4.84. The van der Waals surface area contributed by atoms with Crippen LogP contribution < -0.4 is 0 Å². The maximum Gasteiger partial charge on any atom is 0.306 e. The molecule has 1 unspecified atom stereocenters. The second-order valence-corrected chi connectivity index (χ2v) is 6.16. The van der Waals surface area contributed by atoms with Gasteiger partial charge in [-0.15, -0.1) is 0 Å². The molecule has 3 heteroatoms. The quantitative estimate of drug-likeness (QED) is 0.714. The van der Waals surface area contributed by atoms with E-state index in [1.165, 1.54) is 29.4 Å². The molecule has 24 heavy (non-hydrogen) atoms. The summed E-state index contributed by atoms with van der Waals surface area (Å²) in [5.74, 6) is -0.127. The zero-order valence-electron chi connectivity index (χ0n) is 14.3. The molecule has 0 amide bonds. The van der Waals surface area contributed by atoms with Crippen LogP contribution in [-0.2, 0) is 9.53 Å². The van der Waals surface area contributed by atoms with Crippen LogP contribution in [0.3, 0.4) is 0 Å². The van der Waals surface area contributed by atoms with Crippen molar-refractivity contribution in [3.8, 4) is 0 Å². The number of esters is 1. The molecule has 0 radical (unpaired) electrons. The van der Waals surface area contributed by atoms with Crippen LogP contribution in [0.25, 0.3) is 11.1 Å². The van der Waals surface area contributed by atoms with E-state index >= 15 is 0 Å². The Morgan fingerprint density at radius 2 is 2.04 bits per heavy atom. The van der Waals surface area contributed by atoms with Gasteiger partial charge < -0.3 is 4.74 Å². The van der Waals surface area contributed by atoms with E-state index < -0.39 is 0 Å². The average molecular weight is 321 g/mol. The van der Waals surface area contributed by atoms with Gasteiger partial charge in [0.15, 0.2) is 0 Å². The molecule has 2 aromatic rings. The molecule has 124 valence electrons. The minimum atomic E-state index is -0.173. The summed E-state index contributed by atoms with van der Waals surface area (Å²) in [5, 5.41) is 0. The number of unbranched alkanes of at least 4 members (excludes halogenated alkanes) is 1. The lowest BCUT2D eigenvalue weighted by molar-refractivity contribution is -0.140. The van der Waals surface area contributed by atoms with E-state index in [4.69, 9.17) is 4.74 Å². The fourth-order valence-corrected chi connectivity index (χ4v) is 3.57. The fraction of sp³-hybridized carbons (Fsp3) is 0.333. The fourth-order valence-electron chi connectivity index (χ4n) is 3.57. The van der Waals surface area contributed by atoms with Gasteiger partial charge in [0, 0.05) is 18.3 Å². The van der Waals surface area contributed by atoms with Gasteiger partial charge in [0.05, 0.1) is 13.5 Å². The molecule has 1 aliphatic rings. The van der Waals surface area contributed by atoms with Crippen molar-refractivity contribution in [2.75, 3.05) is 7.11 Å². The number of benzene rings is 1. The van der Waals surface area contributed by atoms with Crippen LogP contribution in [0.5, 0.6) is 0 Å². The molecule has 1 aromatic carbocycles. The Balaban J connectivity index is 2.13.